The molecular weight excluding hydrogens is 298 g/mol. The highest BCUT2D eigenvalue weighted by molar-refractivity contribution is 7.92. The molecule has 0 aliphatic heterocycles. The Balaban J connectivity index is 2.52. The first-order valence-corrected chi connectivity index (χ1v) is 8.00. The lowest BCUT2D eigenvalue weighted by atomic mass is 10.2. The minimum absolute atomic E-state index is 0.0422. The molecule has 7 heteroatoms. The van der Waals surface area contributed by atoms with E-state index >= 15 is 0 Å². The number of aryl methyl sites for hydroxylation is 2. The van der Waals surface area contributed by atoms with Crippen LogP contribution in [0.1, 0.15) is 17.0 Å². The Kier molecular flexibility index (Phi) is 4.06. The Morgan fingerprint density at radius 3 is 2.65 bits per heavy atom. The van der Waals surface area contributed by atoms with Gasteiger partial charge in [-0.3, -0.25) is 9.40 Å². The van der Waals surface area contributed by atoms with Gasteiger partial charge in [-0.25, -0.2) is 8.42 Å². The second-order valence-electron chi connectivity index (χ2n) is 4.57. The Hall–Kier alpha value is -1.53. The number of nitrogens with zero attached hydrogens (tertiary/aromatic N) is 2. The van der Waals surface area contributed by atoms with Gasteiger partial charge >= 0.3 is 0 Å². The van der Waals surface area contributed by atoms with Crippen LogP contribution < -0.4 is 4.31 Å². The predicted octanol–water partition coefficient (Wildman–Crippen LogP) is 2.59. The van der Waals surface area contributed by atoms with Crippen molar-refractivity contribution in [3.63, 3.8) is 0 Å². The molecule has 0 saturated heterocycles. The Morgan fingerprint density at radius 1 is 1.35 bits per heavy atom. The maximum Gasteiger partial charge on any atom is 0.267 e. The summed E-state index contributed by atoms with van der Waals surface area (Å²) in [7, 11) is -2.16. The summed E-state index contributed by atoms with van der Waals surface area (Å²) in [6.45, 7) is 3.58. The van der Waals surface area contributed by atoms with Crippen LogP contribution in [0.5, 0.6) is 0 Å². The number of hydrogen-bond acceptors (Lipinski definition) is 3. The van der Waals surface area contributed by atoms with Crippen molar-refractivity contribution in [3.8, 4) is 0 Å². The van der Waals surface area contributed by atoms with Crippen LogP contribution in [0.15, 0.2) is 29.2 Å². The Bertz CT molecular complexity index is 725. The smallest absolute Gasteiger partial charge is 0.267 e. The van der Waals surface area contributed by atoms with Gasteiger partial charge in [-0.2, -0.15) is 5.10 Å². The van der Waals surface area contributed by atoms with Crippen LogP contribution >= 0.6 is 11.6 Å². The second-order valence-corrected chi connectivity index (χ2v) is 6.74. The average Bonchev–Trinajstić information content (AvgIpc) is 2.79. The van der Waals surface area contributed by atoms with Gasteiger partial charge in [-0.05, 0) is 31.5 Å². The lowest BCUT2D eigenvalue weighted by molar-refractivity contribution is 0.593. The minimum Gasteiger partial charge on any atom is -0.281 e. The summed E-state index contributed by atoms with van der Waals surface area (Å²) in [6, 6.07) is 7.30. The zero-order valence-corrected chi connectivity index (χ0v) is 13.1. The number of anilines is 1. The number of halogens is 1. The number of alkyl halides is 1. The molecule has 1 heterocycles. The summed E-state index contributed by atoms with van der Waals surface area (Å²) in [5.41, 5.74) is 2.42. The van der Waals surface area contributed by atoms with Crippen molar-refractivity contribution in [3.05, 3.63) is 41.2 Å². The highest BCUT2D eigenvalue weighted by Gasteiger charge is 2.28. The lowest BCUT2D eigenvalue weighted by Gasteiger charge is -2.20. The van der Waals surface area contributed by atoms with Gasteiger partial charge < -0.3 is 0 Å². The maximum absolute atomic E-state index is 12.7. The number of aromatic nitrogens is 2. The molecule has 0 spiro atoms. The van der Waals surface area contributed by atoms with Crippen molar-refractivity contribution in [2.75, 3.05) is 11.4 Å². The van der Waals surface area contributed by atoms with Gasteiger partial charge in [0.25, 0.3) is 10.0 Å². The topological polar surface area (TPSA) is 66.1 Å². The standard InChI is InChI=1S/C13H16ClN3O2S/c1-9-5-4-6-11(7-9)17(3)20(18,19)13-10(2)15-16-12(13)8-14/h4-7H,8H2,1-3H3,(H,15,16). The van der Waals surface area contributed by atoms with Crippen molar-refractivity contribution in [2.24, 2.45) is 0 Å². The first kappa shape index (κ1) is 14.9. The Morgan fingerprint density at radius 2 is 2.05 bits per heavy atom. The maximum atomic E-state index is 12.7. The molecule has 0 amide bonds. The third-order valence-corrected chi connectivity index (χ3v) is 5.31. The molecule has 108 valence electrons. The Labute approximate surface area is 123 Å². The van der Waals surface area contributed by atoms with Gasteiger partial charge in [0.05, 0.1) is 23.0 Å². The van der Waals surface area contributed by atoms with Crippen molar-refractivity contribution < 1.29 is 8.42 Å². The van der Waals surface area contributed by atoms with Gasteiger partial charge in [0.2, 0.25) is 0 Å². The molecule has 2 aromatic rings. The van der Waals surface area contributed by atoms with Crippen molar-refractivity contribution in [2.45, 2.75) is 24.6 Å². The highest BCUT2D eigenvalue weighted by atomic mass is 35.5. The van der Waals surface area contributed by atoms with Gasteiger partial charge in [0.15, 0.2) is 0 Å². The molecule has 1 aromatic carbocycles. The van der Waals surface area contributed by atoms with Crippen LogP contribution in [0, 0.1) is 13.8 Å². The summed E-state index contributed by atoms with van der Waals surface area (Å²) in [6.07, 6.45) is 0. The van der Waals surface area contributed by atoms with E-state index < -0.39 is 10.0 Å². The number of nitrogens with one attached hydrogen (secondary N) is 1. The number of aromatic amines is 1. The molecule has 0 bridgehead atoms. The third-order valence-electron chi connectivity index (χ3n) is 3.07. The van der Waals surface area contributed by atoms with Crippen LogP contribution in [0.3, 0.4) is 0 Å². The van der Waals surface area contributed by atoms with E-state index in [1.807, 2.05) is 25.1 Å². The first-order chi connectivity index (χ1) is 9.37. The monoisotopic (exact) mass is 313 g/mol. The van der Waals surface area contributed by atoms with Crippen LogP contribution in [-0.4, -0.2) is 25.7 Å². The zero-order valence-electron chi connectivity index (χ0n) is 11.5. The number of H-pyrrole nitrogens is 1. The molecule has 0 atom stereocenters. The van der Waals surface area contributed by atoms with Gasteiger partial charge in [0, 0.05) is 7.05 Å². The van der Waals surface area contributed by atoms with Crippen molar-refractivity contribution >= 4 is 27.3 Å². The summed E-state index contributed by atoms with van der Waals surface area (Å²) in [4.78, 5) is 0.150. The predicted molar refractivity (Wildman–Crippen MR) is 79.6 cm³/mol. The molecule has 2 rings (SSSR count). The quantitative estimate of drug-likeness (QED) is 0.882. The van der Waals surface area contributed by atoms with E-state index in [1.165, 1.54) is 11.4 Å². The molecule has 20 heavy (non-hydrogen) atoms. The fraction of sp³-hybridized carbons (Fsp3) is 0.308. The van der Waals surface area contributed by atoms with Crippen LogP contribution in [0.4, 0.5) is 5.69 Å². The molecule has 0 fully saturated rings. The average molecular weight is 314 g/mol. The molecule has 0 aliphatic rings. The highest BCUT2D eigenvalue weighted by Crippen LogP contribution is 2.27. The molecule has 0 radical (unpaired) electrons. The van der Waals surface area contributed by atoms with E-state index in [1.54, 1.807) is 13.0 Å². The van der Waals surface area contributed by atoms with E-state index in [4.69, 9.17) is 11.6 Å². The van der Waals surface area contributed by atoms with Gasteiger partial charge in [0.1, 0.15) is 4.90 Å². The third kappa shape index (κ3) is 2.53. The molecule has 5 nitrogen and oxygen atoms in total. The largest absolute Gasteiger partial charge is 0.281 e. The summed E-state index contributed by atoms with van der Waals surface area (Å²) >= 11 is 5.76. The minimum atomic E-state index is -3.68. The fourth-order valence-corrected chi connectivity index (χ4v) is 3.79. The normalized spacial score (nSPS) is 11.6. The molecule has 1 N–H and O–H groups in total. The summed E-state index contributed by atoms with van der Waals surface area (Å²) in [5, 5.41) is 6.60. The molecule has 0 unspecified atom stereocenters. The molecule has 0 saturated carbocycles. The van der Waals surface area contributed by atoms with E-state index in [9.17, 15) is 8.42 Å². The first-order valence-electron chi connectivity index (χ1n) is 6.03. The molecule has 0 aliphatic carbocycles. The summed E-state index contributed by atoms with van der Waals surface area (Å²) in [5.74, 6) is 0.0422. The number of rotatable bonds is 4. The lowest BCUT2D eigenvalue weighted by Crippen LogP contribution is -2.27. The molecule has 1 aromatic heterocycles. The van der Waals surface area contributed by atoms with E-state index in [0.29, 0.717) is 17.1 Å². The number of sulfonamides is 1. The SMILES string of the molecule is Cc1cccc(N(C)S(=O)(=O)c2c(CCl)n[nH]c2C)c1. The van der Waals surface area contributed by atoms with Crippen molar-refractivity contribution in [1.29, 1.82) is 0 Å². The zero-order chi connectivity index (χ0) is 14.9. The molecular formula is C13H16ClN3O2S. The van der Waals surface area contributed by atoms with Crippen LogP contribution in [0.2, 0.25) is 0 Å². The fourth-order valence-electron chi connectivity index (χ4n) is 2.00. The van der Waals surface area contributed by atoms with Gasteiger partial charge in [-0.1, -0.05) is 12.1 Å². The van der Waals surface area contributed by atoms with Crippen molar-refractivity contribution in [1.82, 2.24) is 10.2 Å². The van der Waals surface area contributed by atoms with E-state index in [-0.39, 0.29) is 10.8 Å². The van der Waals surface area contributed by atoms with Gasteiger partial charge in [-0.15, -0.1) is 11.6 Å². The van der Waals surface area contributed by atoms with Crippen LogP contribution in [0.25, 0.3) is 0 Å². The van der Waals surface area contributed by atoms with Crippen LogP contribution in [-0.2, 0) is 15.9 Å². The number of hydrogen-bond donors (Lipinski definition) is 1. The summed E-state index contributed by atoms with van der Waals surface area (Å²) < 4.78 is 26.7. The number of benzene rings is 1. The second kappa shape index (κ2) is 5.46. The van der Waals surface area contributed by atoms with E-state index in [0.717, 1.165) is 5.56 Å². The van der Waals surface area contributed by atoms with E-state index in [2.05, 4.69) is 10.2 Å².